The third kappa shape index (κ3) is 2.52. The molecule has 0 radical (unpaired) electrons. The van der Waals surface area contributed by atoms with Crippen molar-refractivity contribution in [3.05, 3.63) is 48.4 Å². The van der Waals surface area contributed by atoms with Crippen LogP contribution in [0.15, 0.2) is 42.9 Å². The van der Waals surface area contributed by atoms with Crippen LogP contribution in [-0.4, -0.2) is 6.29 Å². The summed E-state index contributed by atoms with van der Waals surface area (Å²) in [7, 11) is 0. The Kier molecular flexibility index (Phi) is 3.06. The van der Waals surface area contributed by atoms with Gasteiger partial charge in [0, 0.05) is 6.42 Å². The van der Waals surface area contributed by atoms with E-state index in [9.17, 15) is 0 Å². The predicted octanol–water partition coefficient (Wildman–Crippen LogP) is 2.85. The lowest BCUT2D eigenvalue weighted by molar-refractivity contribution is -0.0290. The second-order valence-electron chi connectivity index (χ2n) is 3.35. The van der Waals surface area contributed by atoms with Gasteiger partial charge in [0.1, 0.15) is 12.5 Å². The summed E-state index contributed by atoms with van der Waals surface area (Å²) >= 11 is 0. The molecule has 0 amide bonds. The van der Waals surface area contributed by atoms with E-state index < -0.39 is 0 Å². The van der Waals surface area contributed by atoms with Crippen molar-refractivity contribution in [3.63, 3.8) is 0 Å². The Balaban J connectivity index is 1.68. The van der Waals surface area contributed by atoms with Crippen molar-refractivity contribution in [1.29, 1.82) is 0 Å². The Bertz CT molecular complexity index is 284. The van der Waals surface area contributed by atoms with Gasteiger partial charge in [0.05, 0.1) is 0 Å². The molecule has 0 saturated heterocycles. The van der Waals surface area contributed by atoms with E-state index in [0.29, 0.717) is 0 Å². The Hall–Kier alpha value is -1.44. The molecule has 2 nitrogen and oxygen atoms in total. The smallest absolute Gasteiger partial charge is 0.239 e. The Morgan fingerprint density at radius 1 is 1.00 bits per heavy atom. The molecule has 0 bridgehead atoms. The largest absolute Gasteiger partial charge is 0.459 e. The van der Waals surface area contributed by atoms with Gasteiger partial charge in [-0.1, -0.05) is 30.3 Å². The van der Waals surface area contributed by atoms with Gasteiger partial charge >= 0.3 is 0 Å². The number of hydrogen-bond acceptors (Lipinski definition) is 2. The van der Waals surface area contributed by atoms with Gasteiger partial charge in [-0.3, -0.25) is 0 Å². The molecule has 2 rings (SSSR count). The summed E-state index contributed by atoms with van der Waals surface area (Å²) < 4.78 is 10.4. The van der Waals surface area contributed by atoms with Crippen LogP contribution in [0.25, 0.3) is 0 Å². The molecule has 0 aromatic heterocycles. The molecule has 0 fully saturated rings. The van der Waals surface area contributed by atoms with E-state index in [1.807, 2.05) is 6.07 Å². The normalized spacial score (nSPS) is 15.1. The quantitative estimate of drug-likeness (QED) is 0.726. The summed E-state index contributed by atoms with van der Waals surface area (Å²) in [6.45, 7) is 0. The van der Waals surface area contributed by atoms with Gasteiger partial charge in [0.15, 0.2) is 0 Å². The van der Waals surface area contributed by atoms with Crippen molar-refractivity contribution in [2.24, 2.45) is 0 Å². The molecule has 74 valence electrons. The lowest BCUT2D eigenvalue weighted by Crippen LogP contribution is -2.07. The molecule has 1 aromatic rings. The van der Waals surface area contributed by atoms with Crippen LogP contribution in [0.2, 0.25) is 0 Å². The number of aryl methyl sites for hydroxylation is 1. The van der Waals surface area contributed by atoms with Crippen molar-refractivity contribution < 1.29 is 9.47 Å². The van der Waals surface area contributed by atoms with Gasteiger partial charge < -0.3 is 9.47 Å². The molecule has 1 aliphatic rings. The molecular weight excluding hydrogens is 176 g/mol. The second-order valence-corrected chi connectivity index (χ2v) is 3.35. The highest BCUT2D eigenvalue weighted by Crippen LogP contribution is 2.13. The maximum absolute atomic E-state index is 5.19. The van der Waals surface area contributed by atoms with Gasteiger partial charge in [0.25, 0.3) is 0 Å². The lowest BCUT2D eigenvalue weighted by atomic mass is 10.1. The third-order valence-electron chi connectivity index (χ3n) is 2.26. The highest BCUT2D eigenvalue weighted by Gasteiger charge is 2.10. The molecule has 14 heavy (non-hydrogen) atoms. The molecule has 0 unspecified atom stereocenters. The average molecular weight is 190 g/mol. The highest BCUT2D eigenvalue weighted by atomic mass is 16.7. The van der Waals surface area contributed by atoms with Gasteiger partial charge in [0.2, 0.25) is 6.29 Å². The standard InChI is InChI=1S/C12H14O2/c1-2-5-11(6-3-1)7-4-8-12-13-9-10-14-12/h1-3,5-6,9-10,12H,4,7-8H2. The molecule has 0 atom stereocenters. The molecule has 0 saturated carbocycles. The van der Waals surface area contributed by atoms with Crippen LogP contribution in [-0.2, 0) is 15.9 Å². The van der Waals surface area contributed by atoms with Gasteiger partial charge in [-0.05, 0) is 18.4 Å². The molecular formula is C12H14O2. The van der Waals surface area contributed by atoms with Gasteiger partial charge in [-0.25, -0.2) is 0 Å². The zero-order chi connectivity index (χ0) is 9.64. The first-order chi connectivity index (χ1) is 6.95. The van der Waals surface area contributed by atoms with E-state index in [1.54, 1.807) is 12.5 Å². The maximum Gasteiger partial charge on any atom is 0.239 e. The van der Waals surface area contributed by atoms with Crippen LogP contribution in [0.3, 0.4) is 0 Å². The molecule has 1 heterocycles. The fraction of sp³-hybridized carbons (Fsp3) is 0.333. The summed E-state index contributed by atoms with van der Waals surface area (Å²) in [5.41, 5.74) is 1.37. The summed E-state index contributed by atoms with van der Waals surface area (Å²) in [5, 5.41) is 0. The minimum atomic E-state index is -0.0567. The topological polar surface area (TPSA) is 18.5 Å². The lowest BCUT2D eigenvalue weighted by Gasteiger charge is -2.09. The predicted molar refractivity (Wildman–Crippen MR) is 54.5 cm³/mol. The Morgan fingerprint density at radius 3 is 2.43 bits per heavy atom. The zero-order valence-corrected chi connectivity index (χ0v) is 8.06. The van der Waals surface area contributed by atoms with E-state index in [-0.39, 0.29) is 6.29 Å². The summed E-state index contributed by atoms with van der Waals surface area (Å²) in [6.07, 6.45) is 6.28. The van der Waals surface area contributed by atoms with Gasteiger partial charge in [-0.2, -0.15) is 0 Å². The molecule has 0 N–H and O–H groups in total. The number of benzene rings is 1. The first kappa shape index (κ1) is 9.13. The molecule has 0 spiro atoms. The number of rotatable bonds is 4. The van der Waals surface area contributed by atoms with Crippen molar-refractivity contribution in [1.82, 2.24) is 0 Å². The zero-order valence-electron chi connectivity index (χ0n) is 8.06. The van der Waals surface area contributed by atoms with Crippen molar-refractivity contribution in [2.75, 3.05) is 0 Å². The summed E-state index contributed by atoms with van der Waals surface area (Å²) in [5.74, 6) is 0. The molecule has 1 aromatic carbocycles. The van der Waals surface area contributed by atoms with Crippen LogP contribution in [0.5, 0.6) is 0 Å². The summed E-state index contributed by atoms with van der Waals surface area (Å²) in [6, 6.07) is 10.5. The Labute approximate surface area is 84.2 Å². The first-order valence-electron chi connectivity index (χ1n) is 4.95. The number of ether oxygens (including phenoxy) is 2. The molecule has 2 heteroatoms. The van der Waals surface area contributed by atoms with Crippen LogP contribution in [0.4, 0.5) is 0 Å². The van der Waals surface area contributed by atoms with Crippen LogP contribution >= 0.6 is 0 Å². The average Bonchev–Trinajstić information content (AvgIpc) is 2.72. The molecule has 1 aliphatic heterocycles. The van der Waals surface area contributed by atoms with Crippen molar-refractivity contribution in [2.45, 2.75) is 25.6 Å². The van der Waals surface area contributed by atoms with Crippen LogP contribution < -0.4 is 0 Å². The third-order valence-corrected chi connectivity index (χ3v) is 2.26. The van der Waals surface area contributed by atoms with Crippen molar-refractivity contribution >= 4 is 0 Å². The van der Waals surface area contributed by atoms with Gasteiger partial charge in [-0.15, -0.1) is 0 Å². The minimum absolute atomic E-state index is 0.0567. The maximum atomic E-state index is 5.19. The van der Waals surface area contributed by atoms with E-state index >= 15 is 0 Å². The Morgan fingerprint density at radius 2 is 1.71 bits per heavy atom. The number of hydrogen-bond donors (Lipinski definition) is 0. The van der Waals surface area contributed by atoms with E-state index in [4.69, 9.17) is 9.47 Å². The fourth-order valence-electron chi connectivity index (χ4n) is 1.53. The summed E-state index contributed by atoms with van der Waals surface area (Å²) in [4.78, 5) is 0. The van der Waals surface area contributed by atoms with E-state index in [2.05, 4.69) is 24.3 Å². The first-order valence-corrected chi connectivity index (χ1v) is 4.95. The second kappa shape index (κ2) is 4.70. The minimum Gasteiger partial charge on any atom is -0.459 e. The fourth-order valence-corrected chi connectivity index (χ4v) is 1.53. The SMILES string of the molecule is C1=COC(CCCc2ccccc2)O1. The van der Waals surface area contributed by atoms with Crippen molar-refractivity contribution in [3.8, 4) is 0 Å². The monoisotopic (exact) mass is 190 g/mol. The van der Waals surface area contributed by atoms with E-state index in [0.717, 1.165) is 19.3 Å². The highest BCUT2D eigenvalue weighted by molar-refractivity contribution is 5.14. The van der Waals surface area contributed by atoms with Crippen LogP contribution in [0, 0.1) is 0 Å². The van der Waals surface area contributed by atoms with E-state index in [1.165, 1.54) is 5.56 Å². The van der Waals surface area contributed by atoms with Crippen LogP contribution in [0.1, 0.15) is 18.4 Å². The molecule has 0 aliphatic carbocycles.